The number of hydrogen-bond donors (Lipinski definition) is 1. The minimum Gasteiger partial charge on any atom is -0.451 e. The Labute approximate surface area is 165 Å². The van der Waals surface area contributed by atoms with E-state index in [9.17, 15) is 9.59 Å². The highest BCUT2D eigenvalue weighted by Crippen LogP contribution is 2.34. The Kier molecular flexibility index (Phi) is 4.95. The van der Waals surface area contributed by atoms with E-state index in [2.05, 4.69) is 5.32 Å². The minimum atomic E-state index is -0.612. The molecule has 1 aromatic carbocycles. The fraction of sp³-hybridized carbons (Fsp3) is 0. The standard InChI is InChI=1S/C15H7Cl2IN2O3S/c16-9-2-1-3-10(12(9)17)20-14(22)8(13(21)19-15(20)24)6-7-4-5-11(18)23-7/h1-6H,(H,19,21,24). The molecule has 0 bridgehead atoms. The molecule has 0 spiro atoms. The normalized spacial score (nSPS) is 16.7. The van der Waals surface area contributed by atoms with Crippen molar-refractivity contribution in [2.24, 2.45) is 0 Å². The van der Waals surface area contributed by atoms with Gasteiger partial charge in [0.2, 0.25) is 0 Å². The predicted molar refractivity (Wildman–Crippen MR) is 104 cm³/mol. The number of carbonyl (C=O) groups is 2. The Hall–Kier alpha value is -1.42. The van der Waals surface area contributed by atoms with Gasteiger partial charge in [0, 0.05) is 0 Å². The first-order valence-electron chi connectivity index (χ1n) is 6.49. The number of carbonyl (C=O) groups excluding carboxylic acids is 2. The Morgan fingerprint density at radius 1 is 1.21 bits per heavy atom. The van der Waals surface area contributed by atoms with Crippen molar-refractivity contribution in [3.63, 3.8) is 0 Å². The van der Waals surface area contributed by atoms with E-state index >= 15 is 0 Å². The third-order valence-electron chi connectivity index (χ3n) is 3.15. The summed E-state index contributed by atoms with van der Waals surface area (Å²) in [5.74, 6) is -0.840. The largest absolute Gasteiger partial charge is 0.451 e. The lowest BCUT2D eigenvalue weighted by Gasteiger charge is -2.29. The molecule has 0 radical (unpaired) electrons. The zero-order valence-corrected chi connectivity index (χ0v) is 16.2. The first kappa shape index (κ1) is 17.4. The average molecular weight is 493 g/mol. The molecule has 0 aliphatic carbocycles. The molecule has 1 aliphatic heterocycles. The third-order valence-corrected chi connectivity index (χ3v) is 4.83. The highest BCUT2D eigenvalue weighted by molar-refractivity contribution is 14.1. The van der Waals surface area contributed by atoms with Crippen molar-refractivity contribution in [3.05, 3.63) is 55.5 Å². The molecule has 0 atom stereocenters. The maximum Gasteiger partial charge on any atom is 0.270 e. The summed E-state index contributed by atoms with van der Waals surface area (Å²) in [4.78, 5) is 26.1. The summed E-state index contributed by atoms with van der Waals surface area (Å²) in [5.41, 5.74) is 0.171. The number of nitrogens with zero attached hydrogens (tertiary/aromatic N) is 1. The van der Waals surface area contributed by atoms with Gasteiger partial charge in [-0.25, -0.2) is 0 Å². The van der Waals surface area contributed by atoms with Gasteiger partial charge in [-0.1, -0.05) is 29.3 Å². The van der Waals surface area contributed by atoms with Crippen molar-refractivity contribution < 1.29 is 14.0 Å². The number of anilines is 1. The summed E-state index contributed by atoms with van der Waals surface area (Å²) in [6.45, 7) is 0. The van der Waals surface area contributed by atoms with Gasteiger partial charge < -0.3 is 4.42 Å². The lowest BCUT2D eigenvalue weighted by molar-refractivity contribution is -0.122. The molecule has 1 aromatic heterocycles. The van der Waals surface area contributed by atoms with Gasteiger partial charge in [0.15, 0.2) is 8.88 Å². The van der Waals surface area contributed by atoms with Crippen LogP contribution < -0.4 is 10.2 Å². The summed E-state index contributed by atoms with van der Waals surface area (Å²) >= 11 is 19.3. The second-order valence-electron chi connectivity index (χ2n) is 4.67. The van der Waals surface area contributed by atoms with Gasteiger partial charge in [-0.05, 0) is 65.2 Å². The number of rotatable bonds is 2. The zero-order chi connectivity index (χ0) is 17.4. The Morgan fingerprint density at radius 3 is 2.62 bits per heavy atom. The van der Waals surface area contributed by atoms with Crippen molar-refractivity contribution >= 4 is 86.7 Å². The number of furan rings is 1. The van der Waals surface area contributed by atoms with Gasteiger partial charge in [-0.3, -0.25) is 19.8 Å². The van der Waals surface area contributed by atoms with Crippen LogP contribution in [0.3, 0.4) is 0 Å². The highest BCUT2D eigenvalue weighted by Gasteiger charge is 2.35. The van der Waals surface area contributed by atoms with Crippen molar-refractivity contribution in [2.75, 3.05) is 4.90 Å². The maximum atomic E-state index is 12.8. The van der Waals surface area contributed by atoms with Crippen molar-refractivity contribution in [1.29, 1.82) is 0 Å². The number of amides is 2. The van der Waals surface area contributed by atoms with Crippen LogP contribution in [0.15, 0.2) is 40.3 Å². The number of hydrogen-bond acceptors (Lipinski definition) is 4. The lowest BCUT2D eigenvalue weighted by atomic mass is 10.1. The lowest BCUT2D eigenvalue weighted by Crippen LogP contribution is -2.54. The molecule has 1 fully saturated rings. The second-order valence-corrected chi connectivity index (χ2v) is 6.91. The van der Waals surface area contributed by atoms with Gasteiger partial charge in [-0.15, -0.1) is 0 Å². The molecule has 1 N–H and O–H groups in total. The predicted octanol–water partition coefficient (Wildman–Crippen LogP) is 4.02. The second kappa shape index (κ2) is 6.83. The highest BCUT2D eigenvalue weighted by atomic mass is 127. The Balaban J connectivity index is 2.06. The summed E-state index contributed by atoms with van der Waals surface area (Å²) in [7, 11) is 0. The van der Waals surface area contributed by atoms with Crippen LogP contribution in [0.25, 0.3) is 6.08 Å². The molecule has 2 amide bonds. The van der Waals surface area contributed by atoms with Gasteiger partial charge in [0.05, 0.1) is 15.7 Å². The van der Waals surface area contributed by atoms with E-state index in [1.165, 1.54) is 6.08 Å². The molecule has 0 unspecified atom stereocenters. The topological polar surface area (TPSA) is 62.6 Å². The zero-order valence-electron chi connectivity index (χ0n) is 11.7. The van der Waals surface area contributed by atoms with E-state index in [1.807, 2.05) is 22.6 Å². The molecule has 2 aromatic rings. The van der Waals surface area contributed by atoms with Crippen molar-refractivity contribution in [2.45, 2.75) is 0 Å². The molecule has 5 nitrogen and oxygen atoms in total. The van der Waals surface area contributed by atoms with Crippen LogP contribution in [-0.4, -0.2) is 16.9 Å². The third kappa shape index (κ3) is 3.21. The summed E-state index contributed by atoms with van der Waals surface area (Å²) in [6.07, 6.45) is 1.35. The van der Waals surface area contributed by atoms with E-state index in [0.29, 0.717) is 15.2 Å². The monoisotopic (exact) mass is 492 g/mol. The van der Waals surface area contributed by atoms with Gasteiger partial charge in [-0.2, -0.15) is 0 Å². The number of nitrogens with one attached hydrogen (secondary N) is 1. The number of halogens is 3. The summed E-state index contributed by atoms with van der Waals surface area (Å²) in [6, 6.07) is 8.18. The van der Waals surface area contributed by atoms with E-state index < -0.39 is 11.8 Å². The fourth-order valence-electron chi connectivity index (χ4n) is 2.09. The van der Waals surface area contributed by atoms with E-state index in [-0.39, 0.29) is 20.7 Å². The number of thiocarbonyl (C=S) groups is 1. The molecule has 1 saturated heterocycles. The van der Waals surface area contributed by atoms with Crippen LogP contribution in [0.1, 0.15) is 5.76 Å². The molecule has 2 heterocycles. The van der Waals surface area contributed by atoms with Crippen LogP contribution in [0.4, 0.5) is 5.69 Å². The van der Waals surface area contributed by atoms with E-state index in [1.54, 1.807) is 30.3 Å². The number of benzene rings is 1. The van der Waals surface area contributed by atoms with Crippen molar-refractivity contribution in [1.82, 2.24) is 5.32 Å². The molecule has 3 rings (SSSR count). The van der Waals surface area contributed by atoms with Crippen LogP contribution in [0.5, 0.6) is 0 Å². The fourth-order valence-corrected chi connectivity index (χ4v) is 3.18. The Bertz CT molecular complexity index is 910. The SMILES string of the molecule is O=C1NC(=S)N(c2cccc(Cl)c2Cl)C(=O)C1=Cc1ccc(I)o1. The smallest absolute Gasteiger partial charge is 0.270 e. The molecule has 122 valence electrons. The summed E-state index contributed by atoms with van der Waals surface area (Å²) < 4.78 is 6.01. The molecular weight excluding hydrogens is 486 g/mol. The minimum absolute atomic E-state index is 0.0691. The van der Waals surface area contributed by atoms with Crippen LogP contribution in [-0.2, 0) is 9.59 Å². The molecule has 0 saturated carbocycles. The van der Waals surface area contributed by atoms with Gasteiger partial charge in [0.1, 0.15) is 11.3 Å². The first-order chi connectivity index (χ1) is 11.4. The quantitative estimate of drug-likeness (QED) is 0.297. The van der Waals surface area contributed by atoms with Crippen LogP contribution in [0.2, 0.25) is 10.0 Å². The van der Waals surface area contributed by atoms with E-state index in [0.717, 1.165) is 4.90 Å². The maximum absolute atomic E-state index is 12.8. The Morgan fingerprint density at radius 2 is 1.96 bits per heavy atom. The van der Waals surface area contributed by atoms with Crippen LogP contribution in [0, 0.1) is 3.77 Å². The van der Waals surface area contributed by atoms with Gasteiger partial charge >= 0.3 is 0 Å². The summed E-state index contributed by atoms with van der Waals surface area (Å²) in [5, 5.41) is 2.83. The average Bonchev–Trinajstić information content (AvgIpc) is 2.93. The first-order valence-corrected chi connectivity index (χ1v) is 8.73. The molecular formula is C15H7Cl2IN2O3S. The molecule has 9 heteroatoms. The molecule has 1 aliphatic rings. The molecule has 24 heavy (non-hydrogen) atoms. The van der Waals surface area contributed by atoms with Gasteiger partial charge in [0.25, 0.3) is 11.8 Å². The van der Waals surface area contributed by atoms with E-state index in [4.69, 9.17) is 39.8 Å². The van der Waals surface area contributed by atoms with Crippen molar-refractivity contribution in [3.8, 4) is 0 Å². The van der Waals surface area contributed by atoms with Crippen LogP contribution >= 0.6 is 58.0 Å².